The lowest BCUT2D eigenvalue weighted by molar-refractivity contribution is -0.137. The highest BCUT2D eigenvalue weighted by atomic mass is 35.5. The minimum atomic E-state index is -0.541. The first kappa shape index (κ1) is 6.99. The maximum atomic E-state index is 10.4. The average Bonchev–Trinajstić information content (AvgIpc) is 1.90. The summed E-state index contributed by atoms with van der Waals surface area (Å²) in [7, 11) is 0. The molecule has 1 aliphatic rings. The highest BCUT2D eigenvalue weighted by Gasteiger charge is 2.19. The van der Waals surface area contributed by atoms with Gasteiger partial charge in [-0.2, -0.15) is 0 Å². The molecule has 1 aliphatic heterocycles. The molecule has 0 aromatic carbocycles. The molecule has 1 saturated heterocycles. The Balaban J connectivity index is 2.31. The zero-order valence-electron chi connectivity index (χ0n) is 4.80. The quantitative estimate of drug-likeness (QED) is 0.500. The first-order valence-electron chi connectivity index (χ1n) is 2.69. The van der Waals surface area contributed by atoms with E-state index in [9.17, 15) is 4.79 Å². The zero-order chi connectivity index (χ0) is 6.69. The minimum Gasteiger partial charge on any atom is -0.376 e. The Hall–Kier alpha value is -0.120. The smallest absolute Gasteiger partial charge is 0.252 e. The fraction of sp³-hybridized carbons (Fsp3) is 0.800. The third-order valence-electron chi connectivity index (χ3n) is 1.07. The van der Waals surface area contributed by atoms with Crippen molar-refractivity contribution in [2.45, 2.75) is 6.10 Å². The van der Waals surface area contributed by atoms with Gasteiger partial charge in [0.1, 0.15) is 0 Å². The number of hydrogen-bond acceptors (Lipinski definition) is 3. The van der Waals surface area contributed by atoms with Gasteiger partial charge in [-0.25, -0.2) is 0 Å². The standard InChI is InChI=1S/C5H7ClO3/c6-5(7)4-3-8-1-2-9-4/h4H,1-3H2. The molecule has 0 N–H and O–H groups in total. The number of carbonyl (C=O) groups is 1. The molecule has 3 nitrogen and oxygen atoms in total. The van der Waals surface area contributed by atoms with Crippen molar-refractivity contribution >= 4 is 16.8 Å². The number of ether oxygens (including phenoxy) is 2. The number of hydrogen-bond donors (Lipinski definition) is 0. The topological polar surface area (TPSA) is 35.5 Å². The third-order valence-corrected chi connectivity index (χ3v) is 1.31. The van der Waals surface area contributed by atoms with Crippen LogP contribution in [0.4, 0.5) is 0 Å². The van der Waals surface area contributed by atoms with E-state index in [0.717, 1.165) is 0 Å². The maximum absolute atomic E-state index is 10.4. The van der Waals surface area contributed by atoms with Crippen molar-refractivity contribution in [3.05, 3.63) is 0 Å². The van der Waals surface area contributed by atoms with Crippen LogP contribution in [0.1, 0.15) is 0 Å². The molecule has 4 heteroatoms. The van der Waals surface area contributed by atoms with E-state index in [1.165, 1.54) is 0 Å². The molecular formula is C5H7ClO3. The van der Waals surface area contributed by atoms with Crippen molar-refractivity contribution < 1.29 is 14.3 Å². The molecule has 1 atom stereocenters. The van der Waals surface area contributed by atoms with Gasteiger partial charge in [0.15, 0.2) is 6.10 Å². The van der Waals surface area contributed by atoms with Crippen LogP contribution in [0.15, 0.2) is 0 Å². The molecule has 0 aromatic heterocycles. The van der Waals surface area contributed by atoms with Crippen molar-refractivity contribution in [1.29, 1.82) is 0 Å². The van der Waals surface area contributed by atoms with Gasteiger partial charge in [-0.3, -0.25) is 4.79 Å². The van der Waals surface area contributed by atoms with E-state index in [4.69, 9.17) is 21.1 Å². The second-order valence-electron chi connectivity index (χ2n) is 1.74. The lowest BCUT2D eigenvalue weighted by atomic mass is 10.4. The van der Waals surface area contributed by atoms with E-state index in [2.05, 4.69) is 0 Å². The molecule has 0 radical (unpaired) electrons. The number of halogens is 1. The lowest BCUT2D eigenvalue weighted by Gasteiger charge is -2.18. The molecule has 0 aromatic rings. The summed E-state index contributed by atoms with van der Waals surface area (Å²) in [5.41, 5.74) is 0. The fourth-order valence-electron chi connectivity index (χ4n) is 0.619. The largest absolute Gasteiger partial charge is 0.376 e. The summed E-state index contributed by atoms with van der Waals surface area (Å²) >= 11 is 5.11. The molecule has 0 spiro atoms. The third kappa shape index (κ3) is 1.93. The zero-order valence-corrected chi connectivity index (χ0v) is 5.56. The predicted octanol–water partition coefficient (Wildman–Crippen LogP) is 0.167. The number of rotatable bonds is 1. The predicted molar refractivity (Wildman–Crippen MR) is 31.4 cm³/mol. The maximum Gasteiger partial charge on any atom is 0.252 e. The van der Waals surface area contributed by atoms with Gasteiger partial charge in [0.2, 0.25) is 0 Å². The van der Waals surface area contributed by atoms with Gasteiger partial charge in [0.05, 0.1) is 19.8 Å². The molecule has 52 valence electrons. The Bertz CT molecular complexity index is 109. The molecule has 1 unspecified atom stereocenters. The van der Waals surface area contributed by atoms with Crippen LogP contribution in [0.5, 0.6) is 0 Å². The Morgan fingerprint density at radius 1 is 1.56 bits per heavy atom. The Morgan fingerprint density at radius 3 is 2.67 bits per heavy atom. The van der Waals surface area contributed by atoms with Crippen LogP contribution in [-0.2, 0) is 14.3 Å². The van der Waals surface area contributed by atoms with Gasteiger partial charge in [-0.1, -0.05) is 0 Å². The summed E-state index contributed by atoms with van der Waals surface area (Å²) in [6.45, 7) is 1.31. The van der Waals surface area contributed by atoms with Crippen LogP contribution in [0.2, 0.25) is 0 Å². The summed E-state index contributed by atoms with van der Waals surface area (Å²) in [6, 6.07) is 0. The average molecular weight is 151 g/mol. The van der Waals surface area contributed by atoms with Crippen molar-refractivity contribution in [2.24, 2.45) is 0 Å². The van der Waals surface area contributed by atoms with Crippen molar-refractivity contribution in [1.82, 2.24) is 0 Å². The van der Waals surface area contributed by atoms with Gasteiger partial charge in [0, 0.05) is 0 Å². The van der Waals surface area contributed by atoms with E-state index in [1.54, 1.807) is 0 Å². The van der Waals surface area contributed by atoms with E-state index in [0.29, 0.717) is 19.8 Å². The summed E-state index contributed by atoms with van der Waals surface area (Å²) in [6.07, 6.45) is -0.541. The van der Waals surface area contributed by atoms with E-state index in [-0.39, 0.29) is 0 Å². The summed E-state index contributed by atoms with van der Waals surface area (Å²) in [4.78, 5) is 10.4. The molecule has 1 heterocycles. The molecule has 9 heavy (non-hydrogen) atoms. The molecule has 0 saturated carbocycles. The van der Waals surface area contributed by atoms with Crippen LogP contribution >= 0.6 is 11.6 Å². The van der Waals surface area contributed by atoms with Crippen molar-refractivity contribution in [3.8, 4) is 0 Å². The van der Waals surface area contributed by atoms with Crippen molar-refractivity contribution in [3.63, 3.8) is 0 Å². The normalized spacial score (nSPS) is 27.9. The van der Waals surface area contributed by atoms with E-state index in [1.807, 2.05) is 0 Å². The SMILES string of the molecule is O=C(Cl)C1COCCO1. The minimum absolute atomic E-state index is 0.294. The second-order valence-corrected chi connectivity index (χ2v) is 2.11. The van der Waals surface area contributed by atoms with E-state index >= 15 is 0 Å². The van der Waals surface area contributed by atoms with Crippen LogP contribution < -0.4 is 0 Å². The Kier molecular flexibility index (Phi) is 2.45. The molecule has 0 bridgehead atoms. The highest BCUT2D eigenvalue weighted by molar-refractivity contribution is 6.64. The Morgan fingerprint density at radius 2 is 2.33 bits per heavy atom. The molecule has 0 aliphatic carbocycles. The van der Waals surface area contributed by atoms with Crippen LogP contribution in [0, 0.1) is 0 Å². The molecular weight excluding hydrogens is 144 g/mol. The van der Waals surface area contributed by atoms with Gasteiger partial charge in [-0.15, -0.1) is 0 Å². The van der Waals surface area contributed by atoms with Gasteiger partial charge in [-0.05, 0) is 11.6 Å². The van der Waals surface area contributed by atoms with Gasteiger partial charge in [0.25, 0.3) is 5.24 Å². The first-order chi connectivity index (χ1) is 4.30. The Labute approximate surface area is 57.9 Å². The van der Waals surface area contributed by atoms with Crippen LogP contribution in [-0.4, -0.2) is 31.2 Å². The summed E-state index contributed by atoms with van der Waals surface area (Å²) in [5, 5.41) is -0.477. The van der Waals surface area contributed by atoms with Gasteiger partial charge >= 0.3 is 0 Å². The summed E-state index contributed by atoms with van der Waals surface area (Å²) < 4.78 is 9.85. The monoisotopic (exact) mass is 150 g/mol. The van der Waals surface area contributed by atoms with Gasteiger partial charge < -0.3 is 9.47 Å². The summed E-state index contributed by atoms with van der Waals surface area (Å²) in [5.74, 6) is 0. The second kappa shape index (κ2) is 3.15. The van der Waals surface area contributed by atoms with Crippen molar-refractivity contribution in [2.75, 3.05) is 19.8 Å². The highest BCUT2D eigenvalue weighted by Crippen LogP contribution is 2.03. The number of carbonyl (C=O) groups excluding carboxylic acids is 1. The van der Waals surface area contributed by atoms with Crippen LogP contribution in [0.25, 0.3) is 0 Å². The van der Waals surface area contributed by atoms with Crippen LogP contribution in [0.3, 0.4) is 0 Å². The van der Waals surface area contributed by atoms with E-state index < -0.39 is 11.3 Å². The fourth-order valence-corrected chi connectivity index (χ4v) is 0.745. The lowest BCUT2D eigenvalue weighted by Crippen LogP contribution is -2.32. The molecule has 1 fully saturated rings. The first-order valence-corrected chi connectivity index (χ1v) is 3.07. The molecule has 1 rings (SSSR count). The molecule has 0 amide bonds.